The molecular formula is H4F8N4P4+4. The first-order chi connectivity index (χ1) is 6.83. The van der Waals surface area contributed by atoms with Crippen molar-refractivity contribution in [2.75, 3.05) is 0 Å². The minimum atomic E-state index is -6.05. The van der Waals surface area contributed by atoms with Crippen molar-refractivity contribution in [3.8, 4) is 0 Å². The molecule has 4 N–H and O–H groups in total. The maximum atomic E-state index is 12.6. The van der Waals surface area contributed by atoms with E-state index in [2.05, 4.69) is 0 Å². The van der Waals surface area contributed by atoms with E-state index in [0.29, 0.717) is 0 Å². The number of hydrogen-bond donors (Lipinski definition) is 4. The molecule has 0 amide bonds. The Balaban J connectivity index is 2.98. The Labute approximate surface area is 86.7 Å². The van der Waals surface area contributed by atoms with Gasteiger partial charge in [0.05, 0.1) is 19.4 Å². The lowest BCUT2D eigenvalue weighted by Gasteiger charge is -2.12. The van der Waals surface area contributed by atoms with Crippen molar-refractivity contribution in [3.05, 3.63) is 0 Å². The Morgan fingerprint density at radius 3 is 0.625 bits per heavy atom. The molecule has 1 aliphatic rings. The molecule has 96 valence electrons. The van der Waals surface area contributed by atoms with Gasteiger partial charge in [-0.2, -0.15) is 0 Å². The van der Waals surface area contributed by atoms with E-state index < -0.39 is 32.7 Å². The van der Waals surface area contributed by atoms with Crippen molar-refractivity contribution in [3.63, 3.8) is 0 Å². The van der Waals surface area contributed by atoms with Crippen LogP contribution >= 0.6 is 32.7 Å². The van der Waals surface area contributed by atoms with E-state index in [0.717, 1.165) is 0 Å². The number of nitrogens with one attached hydrogen (secondary N) is 4. The number of hydrogen-bond acceptors (Lipinski definition) is 4. The van der Waals surface area contributed by atoms with Gasteiger partial charge in [-0.15, -0.1) is 0 Å². The minimum Gasteiger partial charge on any atom is 0.0292 e. The lowest BCUT2D eigenvalue weighted by molar-refractivity contribution is 0.591. The second kappa shape index (κ2) is 4.28. The quantitative estimate of drug-likeness (QED) is 0.378. The van der Waals surface area contributed by atoms with Crippen molar-refractivity contribution in [2.24, 2.45) is 0 Å². The molecule has 0 radical (unpaired) electrons. The topological polar surface area (TPSA) is 48.1 Å². The largest absolute Gasteiger partial charge is 0.611 e. The van der Waals surface area contributed by atoms with Crippen LogP contribution in [0, 0.1) is 0 Å². The molecule has 0 aromatic rings. The summed E-state index contributed by atoms with van der Waals surface area (Å²) in [5.41, 5.74) is 0. The maximum Gasteiger partial charge on any atom is 0.611 e. The van der Waals surface area contributed by atoms with Crippen molar-refractivity contribution in [2.45, 2.75) is 0 Å². The van der Waals surface area contributed by atoms with Crippen molar-refractivity contribution < 1.29 is 33.6 Å². The summed E-state index contributed by atoms with van der Waals surface area (Å²) < 4.78 is 100. The van der Waals surface area contributed by atoms with Crippen molar-refractivity contribution in [1.29, 1.82) is 0 Å². The summed E-state index contributed by atoms with van der Waals surface area (Å²) in [6.07, 6.45) is 0. The summed E-state index contributed by atoms with van der Waals surface area (Å²) in [6, 6.07) is 0. The summed E-state index contributed by atoms with van der Waals surface area (Å²) in [5.74, 6) is 0. The third-order valence-electron chi connectivity index (χ3n) is 1.00. The van der Waals surface area contributed by atoms with Crippen LogP contribution in [0.1, 0.15) is 0 Å². The lowest BCUT2D eigenvalue weighted by atomic mass is 13.8. The van der Waals surface area contributed by atoms with Crippen molar-refractivity contribution >= 4 is 32.7 Å². The van der Waals surface area contributed by atoms with Gasteiger partial charge in [0.25, 0.3) is 0 Å². The molecule has 1 heterocycles. The third kappa shape index (κ3) is 4.70. The van der Waals surface area contributed by atoms with Crippen LogP contribution in [0.4, 0.5) is 33.6 Å². The van der Waals surface area contributed by atoms with Gasteiger partial charge in [0.1, 0.15) is 0 Å². The molecule has 0 spiro atoms. The highest BCUT2D eigenvalue weighted by atomic mass is 31.4. The van der Waals surface area contributed by atoms with E-state index in [9.17, 15) is 33.6 Å². The lowest BCUT2D eigenvalue weighted by Crippen LogP contribution is -2.33. The molecule has 0 aromatic heterocycles. The Morgan fingerprint density at radius 1 is 0.375 bits per heavy atom. The second-order valence-electron chi connectivity index (χ2n) is 2.46. The molecule has 0 bridgehead atoms. The zero-order valence-electron chi connectivity index (χ0n) is 6.81. The molecule has 0 aromatic carbocycles. The second-order valence-corrected chi connectivity index (χ2v) is 9.77. The standard InChI is InChI=1S/F8H4N4P4/c1-13(2)9-14(3,4)11-16(7,8)12-15(5,6)10-13/h9-12H/q+4. The van der Waals surface area contributed by atoms with Gasteiger partial charge in [0, 0.05) is 33.6 Å². The SMILES string of the molecule is F[P+]1(F)N[P+](F)(F)N[P+](F)(F)N[P+](F)(F)N1. The molecule has 1 aliphatic heterocycles. The zero-order valence-corrected chi connectivity index (χ0v) is 10.4. The van der Waals surface area contributed by atoms with Crippen LogP contribution in [0.25, 0.3) is 0 Å². The Bertz CT molecular complexity index is 205. The third-order valence-corrected chi connectivity index (χ3v) is 9.04. The fourth-order valence-electron chi connectivity index (χ4n) is 0.720. The maximum absolute atomic E-state index is 12.6. The van der Waals surface area contributed by atoms with E-state index >= 15 is 0 Å². The summed E-state index contributed by atoms with van der Waals surface area (Å²) >= 11 is 0. The summed E-state index contributed by atoms with van der Waals surface area (Å²) in [4.78, 5) is 0.938. The molecule has 0 unspecified atom stereocenters. The smallest absolute Gasteiger partial charge is 0.0292 e. The molecule has 0 saturated carbocycles. The summed E-state index contributed by atoms with van der Waals surface area (Å²) in [7, 11) is -24.2. The van der Waals surface area contributed by atoms with Crippen LogP contribution in [0.5, 0.6) is 0 Å². The van der Waals surface area contributed by atoms with E-state index in [4.69, 9.17) is 0 Å². The van der Waals surface area contributed by atoms with E-state index in [-0.39, 0.29) is 19.4 Å². The highest BCUT2D eigenvalue weighted by molar-refractivity contribution is 7.92. The van der Waals surface area contributed by atoms with Crippen LogP contribution in [-0.2, 0) is 0 Å². The molecule has 4 nitrogen and oxygen atoms in total. The van der Waals surface area contributed by atoms with Gasteiger partial charge in [-0.3, -0.25) is 0 Å². The molecular weight excluding hydrogens is 332 g/mol. The normalized spacial score (nSPS) is 31.5. The molecule has 1 fully saturated rings. The highest BCUT2D eigenvalue weighted by Gasteiger charge is 2.82. The first-order valence-electron chi connectivity index (χ1n) is 3.14. The Morgan fingerprint density at radius 2 is 0.500 bits per heavy atom. The Hall–Kier alpha value is 1.000. The molecule has 16 heteroatoms. The van der Waals surface area contributed by atoms with E-state index in [1.54, 1.807) is 0 Å². The summed E-state index contributed by atoms with van der Waals surface area (Å²) in [5, 5.41) is 0. The van der Waals surface area contributed by atoms with Gasteiger partial charge >= 0.3 is 32.7 Å². The Kier molecular flexibility index (Phi) is 4.03. The van der Waals surface area contributed by atoms with E-state index in [1.807, 2.05) is 0 Å². The minimum absolute atomic E-state index is 0.235. The molecule has 0 atom stereocenters. The van der Waals surface area contributed by atoms with Gasteiger partial charge in [0.2, 0.25) is 0 Å². The van der Waals surface area contributed by atoms with Crippen LogP contribution < -0.4 is 19.4 Å². The molecule has 1 saturated heterocycles. The number of halogens is 8. The van der Waals surface area contributed by atoms with Crippen LogP contribution in [-0.4, -0.2) is 0 Å². The predicted molar refractivity (Wildman–Crippen MR) is 49.1 cm³/mol. The predicted octanol–water partition coefficient (Wildman–Crippen LogP) is 4.82. The molecule has 0 aliphatic carbocycles. The van der Waals surface area contributed by atoms with Gasteiger partial charge in [-0.25, -0.2) is 0 Å². The van der Waals surface area contributed by atoms with Crippen LogP contribution in [0.2, 0.25) is 0 Å². The van der Waals surface area contributed by atoms with Crippen LogP contribution in [0.15, 0.2) is 0 Å². The van der Waals surface area contributed by atoms with Crippen LogP contribution in [0.3, 0.4) is 0 Å². The van der Waals surface area contributed by atoms with Gasteiger partial charge < -0.3 is 0 Å². The first-order valence-corrected chi connectivity index (χ1v) is 9.42. The van der Waals surface area contributed by atoms with Gasteiger partial charge in [-0.05, 0) is 0 Å². The van der Waals surface area contributed by atoms with E-state index in [1.165, 1.54) is 0 Å². The number of rotatable bonds is 0. The monoisotopic (exact) mass is 336 g/mol. The fourth-order valence-corrected chi connectivity index (χ4v) is 8.09. The summed E-state index contributed by atoms with van der Waals surface area (Å²) in [6.45, 7) is 0. The molecule has 16 heavy (non-hydrogen) atoms. The van der Waals surface area contributed by atoms with Crippen molar-refractivity contribution in [1.82, 2.24) is 19.4 Å². The average molecular weight is 336 g/mol. The fraction of sp³-hybridized carbons (Fsp3) is 0. The highest BCUT2D eigenvalue weighted by Crippen LogP contribution is 2.84. The van der Waals surface area contributed by atoms with Gasteiger partial charge in [0.15, 0.2) is 0 Å². The first kappa shape index (κ1) is 15.1. The molecule has 1 rings (SSSR count). The average Bonchev–Trinajstić information content (AvgIpc) is 1.67. The zero-order chi connectivity index (χ0) is 12.8. The van der Waals surface area contributed by atoms with Gasteiger partial charge in [-0.1, -0.05) is 0 Å².